The number of hydrogen-bond acceptors (Lipinski definition) is 4. The Labute approximate surface area is 274 Å². The highest BCUT2D eigenvalue weighted by Gasteiger charge is 2.30. The molecule has 0 saturated carbocycles. The van der Waals surface area contributed by atoms with Crippen LogP contribution in [0.2, 0.25) is 0 Å². The molecule has 0 fully saturated rings. The van der Waals surface area contributed by atoms with E-state index in [4.69, 9.17) is 0 Å². The first kappa shape index (κ1) is 33.0. The molecule has 3 amide bonds. The van der Waals surface area contributed by atoms with Gasteiger partial charge >= 0.3 is 6.18 Å². The third kappa shape index (κ3) is 9.11. The number of halogens is 3. The van der Waals surface area contributed by atoms with Gasteiger partial charge in [-0.3, -0.25) is 14.4 Å². The number of carbonyl (C=O) groups is 3. The van der Waals surface area contributed by atoms with Gasteiger partial charge in [0, 0.05) is 22.7 Å². The lowest BCUT2D eigenvalue weighted by Gasteiger charge is -2.19. The number of thioether (sulfide) groups is 1. The molecule has 0 heterocycles. The van der Waals surface area contributed by atoms with Crippen LogP contribution in [0, 0.1) is 0 Å². The maximum atomic E-state index is 13.2. The van der Waals surface area contributed by atoms with Crippen LogP contribution in [0.25, 0.3) is 11.1 Å². The lowest BCUT2D eigenvalue weighted by atomic mass is 9.98. The maximum absolute atomic E-state index is 13.2. The molecule has 6 nitrogen and oxygen atoms in total. The minimum absolute atomic E-state index is 0.0571. The van der Waals surface area contributed by atoms with Gasteiger partial charge in [0.05, 0.1) is 11.3 Å². The van der Waals surface area contributed by atoms with Gasteiger partial charge in [0.15, 0.2) is 0 Å². The molecule has 0 spiro atoms. The second kappa shape index (κ2) is 15.3. The van der Waals surface area contributed by atoms with E-state index in [0.717, 1.165) is 22.6 Å². The van der Waals surface area contributed by atoms with Crippen molar-refractivity contribution in [3.8, 4) is 11.1 Å². The highest BCUT2D eigenvalue weighted by molar-refractivity contribution is 8.00. The molecule has 0 bridgehead atoms. The minimum atomic E-state index is -4.45. The van der Waals surface area contributed by atoms with E-state index in [9.17, 15) is 27.6 Å². The van der Waals surface area contributed by atoms with Gasteiger partial charge in [-0.05, 0) is 64.7 Å². The second-order valence-corrected chi connectivity index (χ2v) is 11.6. The van der Waals surface area contributed by atoms with Crippen LogP contribution in [0.5, 0.6) is 0 Å². The molecule has 0 aliphatic rings. The van der Waals surface area contributed by atoms with Crippen LogP contribution in [0.1, 0.15) is 33.1 Å². The number of rotatable bonds is 11. The van der Waals surface area contributed by atoms with Crippen molar-refractivity contribution >= 4 is 35.2 Å². The van der Waals surface area contributed by atoms with Crippen LogP contribution in [-0.4, -0.2) is 23.5 Å². The molecule has 238 valence electrons. The number of anilines is 1. The van der Waals surface area contributed by atoms with Gasteiger partial charge < -0.3 is 16.0 Å². The van der Waals surface area contributed by atoms with Gasteiger partial charge in [-0.2, -0.15) is 13.2 Å². The van der Waals surface area contributed by atoms with Crippen molar-refractivity contribution in [2.45, 2.75) is 23.7 Å². The SMILES string of the molecule is O=C(CSc1ccc(NC(=O)c2ccccc2-c2ccc(C(F)(F)F)cc2)cc1)NC(C(=O)NCc1ccccc1)c1ccccc1. The smallest absolute Gasteiger partial charge is 0.350 e. The molecule has 1 atom stereocenters. The lowest BCUT2D eigenvalue weighted by Crippen LogP contribution is -2.40. The van der Waals surface area contributed by atoms with Gasteiger partial charge in [0.2, 0.25) is 11.8 Å². The predicted octanol–water partition coefficient (Wildman–Crippen LogP) is 7.89. The molecule has 0 saturated heterocycles. The molecule has 5 aromatic rings. The van der Waals surface area contributed by atoms with E-state index in [0.29, 0.717) is 34.5 Å². The predicted molar refractivity (Wildman–Crippen MR) is 178 cm³/mol. The van der Waals surface area contributed by atoms with Crippen LogP contribution < -0.4 is 16.0 Å². The summed E-state index contributed by atoms with van der Waals surface area (Å²) in [6.45, 7) is 0.331. The summed E-state index contributed by atoms with van der Waals surface area (Å²) in [5.74, 6) is -1.01. The summed E-state index contributed by atoms with van der Waals surface area (Å²) in [5.41, 5.74) is 2.64. The topological polar surface area (TPSA) is 87.3 Å². The molecule has 0 aliphatic carbocycles. The summed E-state index contributed by atoms with van der Waals surface area (Å²) in [6, 6.07) is 35.9. The first-order valence-electron chi connectivity index (χ1n) is 14.6. The Bertz CT molecular complexity index is 1820. The number of carbonyl (C=O) groups excluding carboxylic acids is 3. The molecule has 5 rings (SSSR count). The zero-order chi connectivity index (χ0) is 33.2. The third-order valence-electron chi connectivity index (χ3n) is 7.19. The quantitative estimate of drug-likeness (QED) is 0.127. The average Bonchev–Trinajstić information content (AvgIpc) is 3.09. The minimum Gasteiger partial charge on any atom is -0.350 e. The molecule has 0 aromatic heterocycles. The van der Waals surface area contributed by atoms with E-state index in [2.05, 4.69) is 16.0 Å². The van der Waals surface area contributed by atoms with Crippen LogP contribution in [0.15, 0.2) is 138 Å². The zero-order valence-corrected chi connectivity index (χ0v) is 25.8. The third-order valence-corrected chi connectivity index (χ3v) is 8.20. The molecule has 0 aliphatic heterocycles. The van der Waals surface area contributed by atoms with Crippen molar-refractivity contribution < 1.29 is 27.6 Å². The highest BCUT2D eigenvalue weighted by atomic mass is 32.2. The van der Waals surface area contributed by atoms with E-state index < -0.39 is 23.7 Å². The molecule has 47 heavy (non-hydrogen) atoms. The zero-order valence-electron chi connectivity index (χ0n) is 25.0. The second-order valence-electron chi connectivity index (χ2n) is 10.5. The summed E-state index contributed by atoms with van der Waals surface area (Å²) in [5, 5.41) is 8.56. The molecule has 10 heteroatoms. The van der Waals surface area contributed by atoms with Crippen molar-refractivity contribution in [1.82, 2.24) is 10.6 Å². The fourth-order valence-electron chi connectivity index (χ4n) is 4.79. The van der Waals surface area contributed by atoms with E-state index in [1.54, 1.807) is 72.8 Å². The molecule has 5 aromatic carbocycles. The van der Waals surface area contributed by atoms with Gasteiger partial charge in [-0.25, -0.2) is 0 Å². The molecular weight excluding hydrogens is 623 g/mol. The number of benzene rings is 5. The largest absolute Gasteiger partial charge is 0.416 e. The monoisotopic (exact) mass is 653 g/mol. The van der Waals surface area contributed by atoms with E-state index in [-0.39, 0.29) is 17.6 Å². The van der Waals surface area contributed by atoms with Crippen LogP contribution >= 0.6 is 11.8 Å². The fourth-order valence-corrected chi connectivity index (χ4v) is 5.50. The first-order chi connectivity index (χ1) is 22.7. The van der Waals surface area contributed by atoms with E-state index >= 15 is 0 Å². The lowest BCUT2D eigenvalue weighted by molar-refractivity contribution is -0.137. The van der Waals surface area contributed by atoms with Crippen molar-refractivity contribution in [2.24, 2.45) is 0 Å². The molecular formula is C37H30F3N3O3S. The Kier molecular flexibility index (Phi) is 10.7. The summed E-state index contributed by atoms with van der Waals surface area (Å²) in [7, 11) is 0. The molecule has 0 radical (unpaired) electrons. The highest BCUT2D eigenvalue weighted by Crippen LogP contribution is 2.32. The molecule has 1 unspecified atom stereocenters. The van der Waals surface area contributed by atoms with Gasteiger partial charge in [0.1, 0.15) is 6.04 Å². The van der Waals surface area contributed by atoms with Crippen molar-refractivity contribution in [3.05, 3.63) is 156 Å². The Hall–Kier alpha value is -5.35. The summed E-state index contributed by atoms with van der Waals surface area (Å²) in [4.78, 5) is 40.0. The van der Waals surface area contributed by atoms with Crippen LogP contribution in [0.4, 0.5) is 18.9 Å². The number of hydrogen-bond donors (Lipinski definition) is 3. The number of amides is 3. The van der Waals surface area contributed by atoms with Crippen LogP contribution in [0.3, 0.4) is 0 Å². The van der Waals surface area contributed by atoms with E-state index in [1.165, 1.54) is 23.9 Å². The summed E-state index contributed by atoms with van der Waals surface area (Å²) < 4.78 is 39.0. The van der Waals surface area contributed by atoms with Crippen molar-refractivity contribution in [3.63, 3.8) is 0 Å². The van der Waals surface area contributed by atoms with Gasteiger partial charge in [-0.1, -0.05) is 91.0 Å². The maximum Gasteiger partial charge on any atom is 0.416 e. The van der Waals surface area contributed by atoms with Crippen molar-refractivity contribution in [2.75, 3.05) is 11.1 Å². The van der Waals surface area contributed by atoms with E-state index in [1.807, 2.05) is 36.4 Å². The average molecular weight is 654 g/mol. The van der Waals surface area contributed by atoms with Crippen molar-refractivity contribution in [1.29, 1.82) is 0 Å². The number of alkyl halides is 3. The number of nitrogens with one attached hydrogen (secondary N) is 3. The Balaban J connectivity index is 1.18. The standard InChI is InChI=1S/C37H30F3N3O3S/c38-37(39,40)28-17-15-26(16-18-28)31-13-7-8-14-32(31)35(45)42-29-19-21-30(22-20-29)47-24-33(44)43-34(27-11-5-2-6-12-27)36(46)41-23-25-9-3-1-4-10-25/h1-22,34H,23-24H2,(H,41,46)(H,42,45)(H,43,44). The van der Waals surface area contributed by atoms with Gasteiger partial charge in [-0.15, -0.1) is 11.8 Å². The summed E-state index contributed by atoms with van der Waals surface area (Å²) in [6.07, 6.45) is -4.45. The Morgan fingerprint density at radius 1 is 0.702 bits per heavy atom. The molecule has 3 N–H and O–H groups in total. The Morgan fingerprint density at radius 3 is 1.98 bits per heavy atom. The summed E-state index contributed by atoms with van der Waals surface area (Å²) >= 11 is 1.28. The Morgan fingerprint density at radius 2 is 1.32 bits per heavy atom. The van der Waals surface area contributed by atoms with Crippen LogP contribution in [-0.2, 0) is 22.3 Å². The first-order valence-corrected chi connectivity index (χ1v) is 15.6. The fraction of sp³-hybridized carbons (Fsp3) is 0.108. The van der Waals surface area contributed by atoms with Gasteiger partial charge in [0.25, 0.3) is 5.91 Å². The normalized spacial score (nSPS) is 11.7.